The minimum absolute atomic E-state index is 0.312. The minimum atomic E-state index is -1.35. The van der Waals surface area contributed by atoms with Crippen LogP contribution in [0.5, 0.6) is 0 Å². The Morgan fingerprint density at radius 3 is 2.11 bits per heavy atom. The summed E-state index contributed by atoms with van der Waals surface area (Å²) >= 11 is 3.18. The van der Waals surface area contributed by atoms with Gasteiger partial charge in [0.05, 0.1) is 0 Å². The molecule has 9 heavy (non-hydrogen) atoms. The Labute approximate surface area is 63.9 Å². The maximum atomic E-state index is 8.42. The van der Waals surface area contributed by atoms with Crippen molar-refractivity contribution in [2.75, 3.05) is 0 Å². The van der Waals surface area contributed by atoms with Gasteiger partial charge in [0.2, 0.25) is 0 Å². The first kappa shape index (κ1) is 9.20. The number of allylic oxidation sites excluding steroid dienone is 1. The second-order valence-electron chi connectivity index (χ2n) is 2.12. The van der Waals surface area contributed by atoms with E-state index in [1.807, 2.05) is 13.8 Å². The van der Waals surface area contributed by atoms with Crippen LogP contribution in [0.25, 0.3) is 0 Å². The van der Waals surface area contributed by atoms with Gasteiger partial charge in [-0.2, -0.15) is 0 Å². The molecule has 0 aliphatic heterocycles. The lowest BCUT2D eigenvalue weighted by Crippen LogP contribution is -2.07. The first-order valence-electron chi connectivity index (χ1n) is 2.77. The van der Waals surface area contributed by atoms with E-state index in [9.17, 15) is 0 Å². The summed E-state index contributed by atoms with van der Waals surface area (Å²) in [6.07, 6.45) is 0. The monoisotopic (exact) mass is 192 g/mol. The maximum absolute atomic E-state index is 8.42. The van der Waals surface area contributed by atoms with Gasteiger partial charge in [-0.05, 0) is 16.4 Å². The standard InChI is InChI=1S/C5H10BBrO2/c1-4(2)5(7)3-6(8)9/h3-4,8-9H,1-2H3/b5-3-. The summed E-state index contributed by atoms with van der Waals surface area (Å²) < 4.78 is 0.817. The van der Waals surface area contributed by atoms with Gasteiger partial charge in [0, 0.05) is 0 Å². The van der Waals surface area contributed by atoms with Crippen LogP contribution in [0.4, 0.5) is 0 Å². The zero-order valence-electron chi connectivity index (χ0n) is 5.50. The molecular weight excluding hydrogens is 183 g/mol. The molecule has 0 unspecified atom stereocenters. The molecule has 0 bridgehead atoms. The van der Waals surface area contributed by atoms with Crippen molar-refractivity contribution in [2.45, 2.75) is 13.8 Å². The predicted molar refractivity (Wildman–Crippen MR) is 42.0 cm³/mol. The van der Waals surface area contributed by atoms with Gasteiger partial charge in [-0.15, -0.1) is 0 Å². The summed E-state index contributed by atoms with van der Waals surface area (Å²) in [4.78, 5) is 0. The van der Waals surface area contributed by atoms with Gasteiger partial charge >= 0.3 is 7.12 Å². The van der Waals surface area contributed by atoms with Crippen LogP contribution in [0.2, 0.25) is 0 Å². The van der Waals surface area contributed by atoms with E-state index in [4.69, 9.17) is 10.0 Å². The van der Waals surface area contributed by atoms with Crippen molar-refractivity contribution in [3.05, 3.63) is 10.5 Å². The van der Waals surface area contributed by atoms with E-state index in [0.717, 1.165) is 4.48 Å². The fourth-order valence-electron chi connectivity index (χ4n) is 0.335. The van der Waals surface area contributed by atoms with Crippen LogP contribution in [0.1, 0.15) is 13.8 Å². The van der Waals surface area contributed by atoms with E-state index in [1.165, 1.54) is 5.98 Å². The van der Waals surface area contributed by atoms with Crippen molar-refractivity contribution in [1.82, 2.24) is 0 Å². The van der Waals surface area contributed by atoms with Crippen LogP contribution in [0.3, 0.4) is 0 Å². The third-order valence-electron chi connectivity index (χ3n) is 0.860. The number of hydrogen-bond donors (Lipinski definition) is 2. The Morgan fingerprint density at radius 2 is 2.00 bits per heavy atom. The van der Waals surface area contributed by atoms with Crippen LogP contribution >= 0.6 is 15.9 Å². The molecule has 0 aromatic carbocycles. The molecule has 0 radical (unpaired) electrons. The molecule has 0 fully saturated rings. The van der Waals surface area contributed by atoms with Gasteiger partial charge in [-0.25, -0.2) is 0 Å². The molecule has 0 aromatic heterocycles. The first-order chi connectivity index (χ1) is 4.04. The van der Waals surface area contributed by atoms with E-state index in [0.29, 0.717) is 5.92 Å². The molecule has 52 valence electrons. The molecule has 2 N–H and O–H groups in total. The molecule has 0 heterocycles. The lowest BCUT2D eigenvalue weighted by atomic mass is 9.90. The van der Waals surface area contributed by atoms with Crippen LogP contribution < -0.4 is 0 Å². The molecule has 0 saturated carbocycles. The number of halogens is 1. The second kappa shape index (κ2) is 4.09. The van der Waals surface area contributed by atoms with Crippen molar-refractivity contribution < 1.29 is 10.0 Å². The molecule has 0 aromatic rings. The normalized spacial score (nSPS) is 12.4. The molecule has 0 aliphatic carbocycles. The van der Waals surface area contributed by atoms with E-state index < -0.39 is 7.12 Å². The van der Waals surface area contributed by atoms with Crippen molar-refractivity contribution in [1.29, 1.82) is 0 Å². The highest BCUT2D eigenvalue weighted by molar-refractivity contribution is 9.11. The Morgan fingerprint density at radius 1 is 1.56 bits per heavy atom. The fraction of sp³-hybridized carbons (Fsp3) is 0.600. The van der Waals surface area contributed by atoms with Crippen LogP contribution in [-0.4, -0.2) is 17.2 Å². The van der Waals surface area contributed by atoms with Gasteiger partial charge < -0.3 is 10.0 Å². The predicted octanol–water partition coefficient (Wildman–Crippen LogP) is 0.933. The van der Waals surface area contributed by atoms with Crippen LogP contribution in [-0.2, 0) is 0 Å². The van der Waals surface area contributed by atoms with Crippen molar-refractivity contribution in [2.24, 2.45) is 5.92 Å². The molecule has 0 atom stereocenters. The van der Waals surface area contributed by atoms with E-state index in [1.54, 1.807) is 0 Å². The largest absolute Gasteiger partial charge is 0.481 e. The summed E-state index contributed by atoms with van der Waals surface area (Å²) in [6.45, 7) is 3.92. The molecule has 0 spiro atoms. The average Bonchev–Trinajstić information content (AvgIpc) is 1.63. The van der Waals surface area contributed by atoms with Crippen molar-refractivity contribution in [3.8, 4) is 0 Å². The van der Waals surface area contributed by atoms with Gasteiger partial charge in [-0.3, -0.25) is 0 Å². The third-order valence-corrected chi connectivity index (χ3v) is 2.04. The highest BCUT2D eigenvalue weighted by Gasteiger charge is 2.05. The lowest BCUT2D eigenvalue weighted by Gasteiger charge is -2.00. The highest BCUT2D eigenvalue weighted by Crippen LogP contribution is 2.15. The summed E-state index contributed by atoms with van der Waals surface area (Å²) in [5, 5.41) is 16.8. The maximum Gasteiger partial charge on any atom is 0.481 e. The first-order valence-corrected chi connectivity index (χ1v) is 3.56. The summed E-state index contributed by atoms with van der Waals surface area (Å²) in [5.74, 6) is 1.66. The second-order valence-corrected chi connectivity index (χ2v) is 3.04. The van der Waals surface area contributed by atoms with Crippen LogP contribution in [0, 0.1) is 5.92 Å². The quantitative estimate of drug-likeness (QED) is 0.640. The third kappa shape index (κ3) is 4.69. The topological polar surface area (TPSA) is 40.5 Å². The van der Waals surface area contributed by atoms with E-state index in [-0.39, 0.29) is 0 Å². The zero-order valence-corrected chi connectivity index (χ0v) is 7.09. The molecular formula is C5H10BBrO2. The van der Waals surface area contributed by atoms with E-state index >= 15 is 0 Å². The molecule has 0 aliphatic rings. The van der Waals surface area contributed by atoms with E-state index in [2.05, 4.69) is 15.9 Å². The van der Waals surface area contributed by atoms with Gasteiger partial charge in [0.1, 0.15) is 0 Å². The summed E-state index contributed by atoms with van der Waals surface area (Å²) in [7, 11) is -1.35. The SMILES string of the molecule is CC(C)/C(Br)=C/B(O)O. The minimum Gasteiger partial charge on any atom is -0.424 e. The van der Waals surface area contributed by atoms with Gasteiger partial charge in [-0.1, -0.05) is 29.8 Å². The van der Waals surface area contributed by atoms with Gasteiger partial charge in [0.15, 0.2) is 0 Å². The summed E-state index contributed by atoms with van der Waals surface area (Å²) in [5.41, 5.74) is 0. The summed E-state index contributed by atoms with van der Waals surface area (Å²) in [6, 6.07) is 0. The molecule has 2 nitrogen and oxygen atoms in total. The zero-order chi connectivity index (χ0) is 7.44. The van der Waals surface area contributed by atoms with Crippen LogP contribution in [0.15, 0.2) is 10.5 Å². The van der Waals surface area contributed by atoms with Crippen molar-refractivity contribution >= 4 is 23.0 Å². The molecule has 4 heteroatoms. The van der Waals surface area contributed by atoms with Crippen molar-refractivity contribution in [3.63, 3.8) is 0 Å². The lowest BCUT2D eigenvalue weighted by molar-refractivity contribution is 0.423. The Balaban J connectivity index is 3.84. The van der Waals surface area contributed by atoms with Gasteiger partial charge in [0.25, 0.3) is 0 Å². The molecule has 0 saturated heterocycles. The Kier molecular flexibility index (Phi) is 4.18. The molecule has 0 amide bonds. The molecule has 0 rings (SSSR count). The smallest absolute Gasteiger partial charge is 0.424 e. The Bertz CT molecular complexity index is 112. The number of rotatable bonds is 2. The number of hydrogen-bond acceptors (Lipinski definition) is 2. The fourth-order valence-corrected chi connectivity index (χ4v) is 0.571. The Hall–Kier alpha value is 0.205. The average molecular weight is 193 g/mol. The highest BCUT2D eigenvalue weighted by atomic mass is 79.9.